The molecule has 0 aliphatic rings. The van der Waals surface area contributed by atoms with Crippen LogP contribution in [0, 0.1) is 6.92 Å². The van der Waals surface area contributed by atoms with Crippen LogP contribution in [0.5, 0.6) is 5.75 Å². The van der Waals surface area contributed by atoms with Gasteiger partial charge in [0.15, 0.2) is 0 Å². The second-order valence-electron chi connectivity index (χ2n) is 1.66. The van der Waals surface area contributed by atoms with Crippen LogP contribution in [0.25, 0.3) is 0 Å². The van der Waals surface area contributed by atoms with Gasteiger partial charge in [-0.25, -0.2) is 0 Å². The minimum atomic E-state index is 0.275. The lowest BCUT2D eigenvalue weighted by molar-refractivity contribution is 0.474. The van der Waals surface area contributed by atoms with E-state index in [1.165, 1.54) is 0 Å². The Labute approximate surface area is 47.8 Å². The van der Waals surface area contributed by atoms with E-state index < -0.39 is 0 Å². The summed E-state index contributed by atoms with van der Waals surface area (Å²) < 4.78 is 0. The Morgan fingerprint density at radius 3 is 2.75 bits per heavy atom. The molecule has 1 aromatic heterocycles. The van der Waals surface area contributed by atoms with Crippen molar-refractivity contribution in [2.45, 2.75) is 6.92 Å². The standard InChI is InChI=1S/C6H7NO/c1-5-4-6(8)2-3-7-5/h2-4H,1H3,(H,7,8). The van der Waals surface area contributed by atoms with Crippen molar-refractivity contribution in [3.63, 3.8) is 0 Å². The van der Waals surface area contributed by atoms with Crippen molar-refractivity contribution in [1.82, 2.24) is 4.98 Å². The Morgan fingerprint density at radius 1 is 1.62 bits per heavy atom. The first-order chi connectivity index (χ1) is 3.79. The smallest absolute Gasteiger partial charge is 0.118 e. The van der Waals surface area contributed by atoms with Crippen LogP contribution >= 0.6 is 0 Å². The highest BCUT2D eigenvalue weighted by Gasteiger charge is 1.84. The van der Waals surface area contributed by atoms with Crippen LogP contribution in [0.2, 0.25) is 0 Å². The molecule has 0 radical (unpaired) electrons. The van der Waals surface area contributed by atoms with E-state index in [-0.39, 0.29) is 5.75 Å². The summed E-state index contributed by atoms with van der Waals surface area (Å²) in [5.41, 5.74) is 0.838. The molecule has 1 rings (SSSR count). The Bertz CT molecular complexity index is 168. The van der Waals surface area contributed by atoms with E-state index in [4.69, 9.17) is 5.11 Å². The fraction of sp³-hybridized carbons (Fsp3) is 0.167. The van der Waals surface area contributed by atoms with E-state index in [1.54, 1.807) is 18.3 Å². The average Bonchev–Trinajstić information content (AvgIpc) is 1.64. The molecule has 0 aliphatic carbocycles. The molecule has 0 fully saturated rings. The van der Waals surface area contributed by atoms with E-state index in [9.17, 15) is 0 Å². The van der Waals surface area contributed by atoms with Crippen molar-refractivity contribution in [2.75, 3.05) is 0 Å². The normalized spacial score (nSPS) is 9.12. The van der Waals surface area contributed by atoms with Gasteiger partial charge >= 0.3 is 0 Å². The van der Waals surface area contributed by atoms with Crippen LogP contribution in [0.3, 0.4) is 0 Å². The molecule has 1 N–H and O–H groups in total. The van der Waals surface area contributed by atoms with Crippen LogP contribution < -0.4 is 0 Å². The summed E-state index contributed by atoms with van der Waals surface area (Å²) in [7, 11) is 0. The maximum atomic E-state index is 8.77. The number of nitrogens with zero attached hydrogens (tertiary/aromatic N) is 1. The van der Waals surface area contributed by atoms with Gasteiger partial charge in [-0.15, -0.1) is 0 Å². The molecule has 0 bridgehead atoms. The Morgan fingerprint density at radius 2 is 2.38 bits per heavy atom. The van der Waals surface area contributed by atoms with Gasteiger partial charge in [0, 0.05) is 18.0 Å². The largest absolute Gasteiger partial charge is 0.508 e. The van der Waals surface area contributed by atoms with Crippen molar-refractivity contribution in [3.8, 4) is 5.75 Å². The zero-order valence-corrected chi connectivity index (χ0v) is 4.63. The van der Waals surface area contributed by atoms with E-state index in [1.807, 2.05) is 6.92 Å². The maximum absolute atomic E-state index is 8.77. The molecule has 2 nitrogen and oxygen atoms in total. The van der Waals surface area contributed by atoms with Crippen molar-refractivity contribution in [3.05, 3.63) is 24.0 Å². The first-order valence-corrected chi connectivity index (χ1v) is 2.40. The van der Waals surface area contributed by atoms with E-state index >= 15 is 0 Å². The fourth-order valence-electron chi connectivity index (χ4n) is 0.531. The summed E-state index contributed by atoms with van der Waals surface area (Å²) in [6.45, 7) is 1.83. The quantitative estimate of drug-likeness (QED) is 0.541. The zero-order chi connectivity index (χ0) is 5.98. The number of hydrogen-bond donors (Lipinski definition) is 1. The summed E-state index contributed by atoms with van der Waals surface area (Å²) >= 11 is 0. The molecule has 1 heterocycles. The van der Waals surface area contributed by atoms with Gasteiger partial charge < -0.3 is 5.11 Å². The van der Waals surface area contributed by atoms with Crippen LogP contribution in [-0.4, -0.2) is 10.1 Å². The molecule has 1 aromatic rings. The molecule has 0 atom stereocenters. The van der Waals surface area contributed by atoms with Crippen LogP contribution in [0.1, 0.15) is 5.69 Å². The SMILES string of the molecule is Cc1cc(O)ccn1. The zero-order valence-electron chi connectivity index (χ0n) is 4.63. The predicted molar refractivity (Wildman–Crippen MR) is 30.6 cm³/mol. The molecule has 0 unspecified atom stereocenters. The summed E-state index contributed by atoms with van der Waals surface area (Å²) in [6, 6.07) is 3.16. The van der Waals surface area contributed by atoms with Gasteiger partial charge in [-0.1, -0.05) is 0 Å². The van der Waals surface area contributed by atoms with Gasteiger partial charge in [0.2, 0.25) is 0 Å². The molecule has 0 saturated carbocycles. The summed E-state index contributed by atoms with van der Waals surface area (Å²) in [6.07, 6.45) is 1.57. The summed E-state index contributed by atoms with van der Waals surface area (Å²) in [5, 5.41) is 8.77. The molecule has 8 heavy (non-hydrogen) atoms. The predicted octanol–water partition coefficient (Wildman–Crippen LogP) is 1.10. The second-order valence-corrected chi connectivity index (χ2v) is 1.66. The van der Waals surface area contributed by atoms with Crippen molar-refractivity contribution in [2.24, 2.45) is 0 Å². The summed E-state index contributed by atoms with van der Waals surface area (Å²) in [5.74, 6) is 0.275. The fourth-order valence-corrected chi connectivity index (χ4v) is 0.531. The van der Waals surface area contributed by atoms with Gasteiger partial charge in [-0.3, -0.25) is 4.98 Å². The van der Waals surface area contributed by atoms with Crippen LogP contribution in [-0.2, 0) is 0 Å². The first-order valence-electron chi connectivity index (χ1n) is 2.40. The monoisotopic (exact) mass is 109 g/mol. The third-order valence-electron chi connectivity index (χ3n) is 0.880. The molecule has 0 saturated heterocycles. The van der Waals surface area contributed by atoms with Crippen LogP contribution in [0.4, 0.5) is 0 Å². The van der Waals surface area contributed by atoms with Crippen molar-refractivity contribution < 1.29 is 5.11 Å². The minimum absolute atomic E-state index is 0.275. The lowest BCUT2D eigenvalue weighted by Crippen LogP contribution is -1.75. The third kappa shape index (κ3) is 0.964. The van der Waals surface area contributed by atoms with Gasteiger partial charge in [0.1, 0.15) is 5.75 Å². The summed E-state index contributed by atoms with van der Waals surface area (Å²) in [4.78, 5) is 3.88. The molecule has 0 aromatic carbocycles. The van der Waals surface area contributed by atoms with Crippen molar-refractivity contribution >= 4 is 0 Å². The first kappa shape index (κ1) is 5.09. The highest BCUT2D eigenvalue weighted by Crippen LogP contribution is 2.05. The Hall–Kier alpha value is -1.05. The van der Waals surface area contributed by atoms with Gasteiger partial charge in [0.05, 0.1) is 0 Å². The van der Waals surface area contributed by atoms with E-state index in [0.717, 1.165) is 5.69 Å². The van der Waals surface area contributed by atoms with E-state index in [0.29, 0.717) is 0 Å². The molecule has 42 valence electrons. The highest BCUT2D eigenvalue weighted by molar-refractivity contribution is 5.19. The number of pyridine rings is 1. The molecule has 0 aliphatic heterocycles. The molecule has 2 heteroatoms. The van der Waals surface area contributed by atoms with Gasteiger partial charge in [-0.2, -0.15) is 0 Å². The number of rotatable bonds is 0. The average molecular weight is 109 g/mol. The number of aryl methyl sites for hydroxylation is 1. The van der Waals surface area contributed by atoms with Crippen LogP contribution in [0.15, 0.2) is 18.3 Å². The Balaban J connectivity index is 3.08. The van der Waals surface area contributed by atoms with E-state index in [2.05, 4.69) is 4.98 Å². The lowest BCUT2D eigenvalue weighted by Gasteiger charge is -1.89. The highest BCUT2D eigenvalue weighted by atomic mass is 16.3. The molecular weight excluding hydrogens is 102 g/mol. The van der Waals surface area contributed by atoms with Gasteiger partial charge in [0.25, 0.3) is 0 Å². The number of aromatic nitrogens is 1. The van der Waals surface area contributed by atoms with Crippen molar-refractivity contribution in [1.29, 1.82) is 0 Å². The molecule has 0 amide bonds. The maximum Gasteiger partial charge on any atom is 0.118 e. The number of aromatic hydroxyl groups is 1. The second kappa shape index (κ2) is 1.82. The molecular formula is C6H7NO. The molecule has 0 spiro atoms. The number of hydrogen-bond acceptors (Lipinski definition) is 2. The third-order valence-corrected chi connectivity index (χ3v) is 0.880. The van der Waals surface area contributed by atoms with Gasteiger partial charge in [-0.05, 0) is 13.0 Å². The lowest BCUT2D eigenvalue weighted by atomic mass is 10.4. The topological polar surface area (TPSA) is 33.1 Å². The Kier molecular flexibility index (Phi) is 1.16. The minimum Gasteiger partial charge on any atom is -0.508 e.